The van der Waals surface area contributed by atoms with Gasteiger partial charge in [0, 0.05) is 28.2 Å². The van der Waals surface area contributed by atoms with Gasteiger partial charge in [0.2, 0.25) is 5.82 Å². The number of hydrogen-bond donors (Lipinski definition) is 0. The van der Waals surface area contributed by atoms with Crippen LogP contribution in [-0.4, -0.2) is 20.9 Å². The summed E-state index contributed by atoms with van der Waals surface area (Å²) in [5, 5.41) is 0. The Labute approximate surface area is 182 Å². The molecule has 2 aromatic carbocycles. The van der Waals surface area contributed by atoms with Gasteiger partial charge in [-0.05, 0) is 29.5 Å². The van der Waals surface area contributed by atoms with E-state index < -0.39 is 5.97 Å². The molecule has 0 atom stereocenters. The van der Waals surface area contributed by atoms with Gasteiger partial charge in [0.05, 0.1) is 0 Å². The van der Waals surface area contributed by atoms with Crippen LogP contribution in [0, 0.1) is 3.83 Å². The third-order valence-corrected chi connectivity index (χ3v) is 5.01. The van der Waals surface area contributed by atoms with Crippen molar-refractivity contribution in [1.29, 1.82) is 0 Å². The molecule has 0 saturated carbocycles. The number of nitrogens with zero attached hydrogens (tertiary/aromatic N) is 3. The molecule has 0 unspecified atom stereocenters. The van der Waals surface area contributed by atoms with E-state index in [1.807, 2.05) is 71.1 Å². The minimum atomic E-state index is -0.552. The third-order valence-electron chi connectivity index (χ3n) is 4.53. The van der Waals surface area contributed by atoms with E-state index in [2.05, 4.69) is 39.2 Å². The van der Waals surface area contributed by atoms with Crippen LogP contribution in [0.1, 0.15) is 40.4 Å². The van der Waals surface area contributed by atoms with E-state index in [0.29, 0.717) is 9.66 Å². The van der Waals surface area contributed by atoms with Crippen LogP contribution in [-0.2, 0) is 11.3 Å². The van der Waals surface area contributed by atoms with Crippen molar-refractivity contribution in [3.63, 3.8) is 0 Å². The van der Waals surface area contributed by atoms with Crippen LogP contribution in [0.3, 0.4) is 0 Å². The molecule has 0 radical (unpaired) electrons. The number of carbonyl (C=O) groups excluding carboxylic acids is 1. The van der Waals surface area contributed by atoms with Crippen LogP contribution in [0.5, 0.6) is 0 Å². The fourth-order valence-corrected chi connectivity index (χ4v) is 3.61. The minimum Gasteiger partial charge on any atom is -0.455 e. The molecule has 0 spiro atoms. The monoisotopic (exact) mass is 495 g/mol. The Morgan fingerprint density at radius 1 is 0.966 bits per heavy atom. The van der Waals surface area contributed by atoms with Crippen LogP contribution in [0.2, 0.25) is 0 Å². The van der Waals surface area contributed by atoms with Gasteiger partial charge >= 0.3 is 5.97 Å². The van der Waals surface area contributed by atoms with E-state index in [4.69, 9.17) is 4.74 Å². The smallest absolute Gasteiger partial charge is 0.376 e. The van der Waals surface area contributed by atoms with Gasteiger partial charge in [0.1, 0.15) is 6.61 Å². The van der Waals surface area contributed by atoms with Gasteiger partial charge < -0.3 is 4.74 Å². The first kappa shape index (κ1) is 19.4. The summed E-state index contributed by atoms with van der Waals surface area (Å²) < 4.78 is 5.86. The largest absolute Gasteiger partial charge is 0.455 e. The van der Waals surface area contributed by atoms with Crippen molar-refractivity contribution in [1.82, 2.24) is 15.0 Å². The molecular formula is C23H18IN3O2. The number of ether oxygens (including phenoxy) is 1. The van der Waals surface area contributed by atoms with Crippen molar-refractivity contribution < 1.29 is 9.53 Å². The standard InChI is InChI=1S/C23H18IN3O2/c24-23-26-20(19-14-8-7-13-18(19)17-11-5-2-6-12-17)25-21(27-23)22(28)29-15-16-9-3-1-4-10-16/h1-7,9-13H,8,14-15H2. The number of hydrogen-bond acceptors (Lipinski definition) is 5. The van der Waals surface area contributed by atoms with Crippen LogP contribution in [0.4, 0.5) is 0 Å². The molecule has 0 aliphatic heterocycles. The maximum absolute atomic E-state index is 12.5. The maximum atomic E-state index is 12.5. The normalized spacial score (nSPS) is 13.4. The number of aromatic nitrogens is 3. The quantitative estimate of drug-likeness (QED) is 0.365. The van der Waals surface area contributed by atoms with E-state index in [1.54, 1.807) is 0 Å². The lowest BCUT2D eigenvalue weighted by atomic mass is 9.92. The second-order valence-corrected chi connectivity index (χ2v) is 7.48. The summed E-state index contributed by atoms with van der Waals surface area (Å²) in [6, 6.07) is 19.7. The second kappa shape index (κ2) is 9.09. The number of carbonyl (C=O) groups is 1. The molecule has 1 aromatic heterocycles. The molecule has 1 heterocycles. The molecule has 29 heavy (non-hydrogen) atoms. The van der Waals surface area contributed by atoms with Crippen molar-refractivity contribution >= 4 is 39.7 Å². The van der Waals surface area contributed by atoms with E-state index in [1.165, 1.54) is 0 Å². The zero-order chi connectivity index (χ0) is 20.1. The molecule has 0 amide bonds. The predicted octanol–water partition coefficient (Wildman–Crippen LogP) is 5.09. The molecule has 5 nitrogen and oxygen atoms in total. The summed E-state index contributed by atoms with van der Waals surface area (Å²) in [5.41, 5.74) is 4.09. The van der Waals surface area contributed by atoms with E-state index in [9.17, 15) is 4.79 Å². The van der Waals surface area contributed by atoms with Gasteiger partial charge in [0.15, 0.2) is 9.66 Å². The van der Waals surface area contributed by atoms with Crippen molar-refractivity contribution in [3.8, 4) is 0 Å². The highest BCUT2D eigenvalue weighted by Crippen LogP contribution is 2.32. The molecule has 1 aliphatic rings. The minimum absolute atomic E-state index is 0.0322. The molecule has 0 fully saturated rings. The molecule has 6 heteroatoms. The Morgan fingerprint density at radius 2 is 1.69 bits per heavy atom. The van der Waals surface area contributed by atoms with Crippen LogP contribution >= 0.6 is 22.6 Å². The number of benzene rings is 2. The zero-order valence-electron chi connectivity index (χ0n) is 15.6. The third kappa shape index (κ3) is 4.76. The van der Waals surface area contributed by atoms with Crippen LogP contribution in [0.15, 0.2) is 72.8 Å². The van der Waals surface area contributed by atoms with Gasteiger partial charge in [-0.2, -0.15) is 4.98 Å². The van der Waals surface area contributed by atoms with Gasteiger partial charge in [-0.25, -0.2) is 14.8 Å². The molecule has 0 saturated heterocycles. The summed E-state index contributed by atoms with van der Waals surface area (Å²) in [5.74, 6) is 0.00712. The topological polar surface area (TPSA) is 65.0 Å². The Balaban J connectivity index is 1.65. The van der Waals surface area contributed by atoms with Crippen molar-refractivity contribution in [2.24, 2.45) is 0 Å². The van der Waals surface area contributed by atoms with Crippen LogP contribution in [0.25, 0.3) is 11.1 Å². The Kier molecular flexibility index (Phi) is 6.09. The predicted molar refractivity (Wildman–Crippen MR) is 120 cm³/mol. The first-order chi connectivity index (χ1) is 14.2. The SMILES string of the molecule is O=C(OCc1ccccc1)c1nc(I)nc(C2=C(c3ccccc3)C=CCC2)n1. The lowest BCUT2D eigenvalue weighted by molar-refractivity contribution is 0.0457. The molecule has 0 bridgehead atoms. The summed E-state index contributed by atoms with van der Waals surface area (Å²) in [6.07, 6.45) is 5.95. The fraction of sp³-hybridized carbons (Fsp3) is 0.130. The summed E-state index contributed by atoms with van der Waals surface area (Å²) in [6.45, 7) is 0.179. The highest BCUT2D eigenvalue weighted by atomic mass is 127. The molecule has 1 aliphatic carbocycles. The van der Waals surface area contributed by atoms with Gasteiger partial charge in [-0.15, -0.1) is 0 Å². The molecule has 144 valence electrons. The summed E-state index contributed by atoms with van der Waals surface area (Å²) in [7, 11) is 0. The highest BCUT2D eigenvalue weighted by molar-refractivity contribution is 14.1. The highest BCUT2D eigenvalue weighted by Gasteiger charge is 2.20. The molecule has 0 N–H and O–H groups in total. The van der Waals surface area contributed by atoms with Gasteiger partial charge in [-0.1, -0.05) is 72.8 Å². The average molecular weight is 495 g/mol. The maximum Gasteiger partial charge on any atom is 0.376 e. The van der Waals surface area contributed by atoms with Gasteiger partial charge in [-0.3, -0.25) is 0 Å². The van der Waals surface area contributed by atoms with Crippen molar-refractivity contribution in [2.45, 2.75) is 19.4 Å². The van der Waals surface area contributed by atoms with Gasteiger partial charge in [0.25, 0.3) is 0 Å². The van der Waals surface area contributed by atoms with Crippen molar-refractivity contribution in [3.05, 3.63) is 99.4 Å². The Hall–Kier alpha value is -2.87. The number of rotatable bonds is 5. The van der Waals surface area contributed by atoms with Crippen LogP contribution < -0.4 is 0 Å². The number of esters is 1. The summed E-state index contributed by atoms with van der Waals surface area (Å²) >= 11 is 2.01. The lowest BCUT2D eigenvalue weighted by Crippen LogP contribution is -2.14. The molecular weight excluding hydrogens is 477 g/mol. The van der Waals surface area contributed by atoms with E-state index in [-0.39, 0.29) is 12.4 Å². The average Bonchev–Trinajstić information content (AvgIpc) is 2.78. The fourth-order valence-electron chi connectivity index (χ4n) is 3.15. The number of halogens is 1. The van der Waals surface area contributed by atoms with E-state index >= 15 is 0 Å². The Morgan fingerprint density at radius 3 is 2.45 bits per heavy atom. The summed E-state index contributed by atoms with van der Waals surface area (Å²) in [4.78, 5) is 25.7. The molecule has 3 aromatic rings. The molecule has 4 rings (SSSR count). The van der Waals surface area contributed by atoms with Crippen molar-refractivity contribution in [2.75, 3.05) is 0 Å². The number of allylic oxidation sites excluding steroid dienone is 4. The second-order valence-electron chi connectivity index (χ2n) is 6.51. The Bertz CT molecular complexity index is 1080. The van der Waals surface area contributed by atoms with E-state index in [0.717, 1.165) is 35.1 Å². The zero-order valence-corrected chi connectivity index (χ0v) is 17.7. The first-order valence-electron chi connectivity index (χ1n) is 9.29. The lowest BCUT2D eigenvalue weighted by Gasteiger charge is -2.16. The first-order valence-corrected chi connectivity index (χ1v) is 10.4.